The van der Waals surface area contributed by atoms with Gasteiger partial charge in [0, 0.05) is 19.3 Å². The molecule has 0 aromatic carbocycles. The summed E-state index contributed by atoms with van der Waals surface area (Å²) in [6.45, 7) is 3.65. The molecule has 0 spiro atoms. The topological polar surface area (TPSA) is 98.1 Å². The fraction of sp³-hybridized carbons (Fsp3) is 0.700. The van der Waals surface area contributed by atoms with E-state index in [1.54, 1.807) is 18.7 Å². The van der Waals surface area contributed by atoms with Crippen LogP contribution in [-0.2, 0) is 4.79 Å². The smallest absolute Gasteiger partial charge is 0.237 e. The molecule has 1 amide bonds. The number of amides is 1. The number of primary amides is 1. The first-order valence-electron chi connectivity index (χ1n) is 5.48. The van der Waals surface area contributed by atoms with E-state index in [2.05, 4.69) is 10.2 Å². The Labute approximate surface area is 115 Å². The van der Waals surface area contributed by atoms with E-state index in [9.17, 15) is 4.79 Å². The summed E-state index contributed by atoms with van der Waals surface area (Å²) in [4.78, 5) is 13.1. The van der Waals surface area contributed by atoms with Gasteiger partial charge in [0.05, 0.1) is 5.54 Å². The lowest BCUT2D eigenvalue weighted by Crippen LogP contribution is -2.50. The molecule has 4 N–H and O–H groups in total. The molecule has 0 aliphatic carbocycles. The number of carbonyl (C=O) groups is 1. The van der Waals surface area contributed by atoms with Crippen LogP contribution >= 0.6 is 23.1 Å². The molecule has 0 aliphatic rings. The predicted molar refractivity (Wildman–Crippen MR) is 76.0 cm³/mol. The highest BCUT2D eigenvalue weighted by Gasteiger charge is 2.28. The fourth-order valence-electron chi connectivity index (χ4n) is 1.34. The van der Waals surface area contributed by atoms with Crippen molar-refractivity contribution in [1.82, 2.24) is 10.2 Å². The van der Waals surface area contributed by atoms with Crippen molar-refractivity contribution in [2.24, 2.45) is 11.5 Å². The highest BCUT2D eigenvalue weighted by atomic mass is 32.2. The Morgan fingerprint density at radius 2 is 2.17 bits per heavy atom. The molecule has 0 saturated heterocycles. The average Bonchev–Trinajstić information content (AvgIpc) is 2.64. The van der Waals surface area contributed by atoms with Gasteiger partial charge in [0.25, 0.3) is 0 Å². The highest BCUT2D eigenvalue weighted by Crippen LogP contribution is 2.32. The Morgan fingerprint density at radius 3 is 2.61 bits per heavy atom. The van der Waals surface area contributed by atoms with Gasteiger partial charge >= 0.3 is 0 Å². The molecule has 1 aromatic rings. The molecular formula is C10H19N5OS2. The van der Waals surface area contributed by atoms with Crippen molar-refractivity contribution in [3.63, 3.8) is 0 Å². The molecule has 0 bridgehead atoms. The minimum atomic E-state index is -0.985. The van der Waals surface area contributed by atoms with Crippen LogP contribution in [0.25, 0.3) is 0 Å². The summed E-state index contributed by atoms with van der Waals surface area (Å²) in [5.74, 6) is -0.485. The van der Waals surface area contributed by atoms with Crippen molar-refractivity contribution < 1.29 is 4.79 Å². The van der Waals surface area contributed by atoms with Crippen LogP contribution < -0.4 is 16.4 Å². The van der Waals surface area contributed by atoms with E-state index in [-0.39, 0.29) is 5.25 Å². The van der Waals surface area contributed by atoms with Crippen LogP contribution in [0.2, 0.25) is 0 Å². The SMILES string of the molecule is CC(CC(C)(N)C(N)=O)Sc1nnc(N(C)C)s1. The number of hydrogen-bond donors (Lipinski definition) is 2. The van der Waals surface area contributed by atoms with Crippen molar-refractivity contribution >= 4 is 34.1 Å². The molecule has 0 saturated carbocycles. The summed E-state index contributed by atoms with van der Waals surface area (Å²) >= 11 is 3.07. The Hall–Kier alpha value is -0.860. The van der Waals surface area contributed by atoms with Crippen LogP contribution in [0, 0.1) is 0 Å². The largest absolute Gasteiger partial charge is 0.368 e. The summed E-state index contributed by atoms with van der Waals surface area (Å²) < 4.78 is 0.867. The van der Waals surface area contributed by atoms with Crippen molar-refractivity contribution in [1.29, 1.82) is 0 Å². The Balaban J connectivity index is 2.59. The fourth-order valence-corrected chi connectivity index (χ4v) is 3.62. The molecule has 1 rings (SSSR count). The number of aromatic nitrogens is 2. The molecule has 1 aromatic heterocycles. The zero-order valence-corrected chi connectivity index (χ0v) is 12.6. The Bertz CT molecular complexity index is 418. The molecule has 2 unspecified atom stereocenters. The molecular weight excluding hydrogens is 270 g/mol. The third-order valence-corrected chi connectivity index (χ3v) is 4.63. The molecule has 1 heterocycles. The maximum Gasteiger partial charge on any atom is 0.237 e. The lowest BCUT2D eigenvalue weighted by atomic mass is 9.97. The zero-order valence-electron chi connectivity index (χ0n) is 11.0. The summed E-state index contributed by atoms with van der Waals surface area (Å²) in [5, 5.41) is 9.14. The van der Waals surface area contributed by atoms with Gasteiger partial charge in [0.1, 0.15) is 0 Å². The minimum absolute atomic E-state index is 0.149. The van der Waals surface area contributed by atoms with Crippen molar-refractivity contribution in [2.45, 2.75) is 35.4 Å². The summed E-state index contributed by atoms with van der Waals surface area (Å²) in [5.41, 5.74) is 10.1. The number of carbonyl (C=O) groups excluding carboxylic acids is 1. The van der Waals surface area contributed by atoms with Crippen molar-refractivity contribution in [3.05, 3.63) is 0 Å². The van der Waals surface area contributed by atoms with Gasteiger partial charge in [-0.25, -0.2) is 0 Å². The monoisotopic (exact) mass is 289 g/mol. The van der Waals surface area contributed by atoms with Crippen LogP contribution in [0.3, 0.4) is 0 Å². The first-order chi connectivity index (χ1) is 8.22. The second-order valence-corrected chi connectivity index (χ2v) is 7.30. The zero-order chi connectivity index (χ0) is 13.9. The average molecular weight is 289 g/mol. The first-order valence-corrected chi connectivity index (χ1v) is 7.18. The number of anilines is 1. The molecule has 8 heteroatoms. The molecule has 0 fully saturated rings. The van der Waals surface area contributed by atoms with Gasteiger partial charge in [-0.15, -0.1) is 10.2 Å². The van der Waals surface area contributed by atoms with Crippen LogP contribution in [-0.4, -0.2) is 41.0 Å². The molecule has 6 nitrogen and oxygen atoms in total. The van der Waals surface area contributed by atoms with E-state index in [1.807, 2.05) is 25.9 Å². The normalized spacial score (nSPS) is 16.1. The van der Waals surface area contributed by atoms with E-state index in [1.165, 1.54) is 11.3 Å². The third-order valence-electron chi connectivity index (χ3n) is 2.35. The van der Waals surface area contributed by atoms with Crippen LogP contribution in [0.5, 0.6) is 0 Å². The van der Waals surface area contributed by atoms with Gasteiger partial charge in [-0.3, -0.25) is 4.79 Å². The Kier molecular flexibility index (Phi) is 4.94. The van der Waals surface area contributed by atoms with Gasteiger partial charge in [0.2, 0.25) is 11.0 Å². The van der Waals surface area contributed by atoms with E-state index in [4.69, 9.17) is 11.5 Å². The third kappa shape index (κ3) is 4.11. The highest BCUT2D eigenvalue weighted by molar-refractivity contribution is 8.01. The minimum Gasteiger partial charge on any atom is -0.368 e. The van der Waals surface area contributed by atoms with Gasteiger partial charge < -0.3 is 16.4 Å². The summed E-state index contributed by atoms with van der Waals surface area (Å²) in [6, 6.07) is 0. The van der Waals surface area contributed by atoms with Gasteiger partial charge in [-0.1, -0.05) is 30.0 Å². The summed E-state index contributed by atoms with van der Waals surface area (Å²) in [6.07, 6.45) is 0.504. The van der Waals surface area contributed by atoms with Crippen LogP contribution in [0.15, 0.2) is 4.34 Å². The van der Waals surface area contributed by atoms with Crippen LogP contribution in [0.1, 0.15) is 20.3 Å². The molecule has 2 atom stereocenters. The van der Waals surface area contributed by atoms with Gasteiger partial charge in [-0.2, -0.15) is 0 Å². The number of thioether (sulfide) groups is 1. The molecule has 0 radical (unpaired) electrons. The maximum absolute atomic E-state index is 11.2. The molecule has 102 valence electrons. The lowest BCUT2D eigenvalue weighted by Gasteiger charge is -2.23. The molecule has 18 heavy (non-hydrogen) atoms. The quantitative estimate of drug-likeness (QED) is 0.747. The van der Waals surface area contributed by atoms with E-state index >= 15 is 0 Å². The van der Waals surface area contributed by atoms with Gasteiger partial charge in [0.15, 0.2) is 4.34 Å². The first kappa shape index (κ1) is 15.2. The van der Waals surface area contributed by atoms with Crippen molar-refractivity contribution in [3.8, 4) is 0 Å². The summed E-state index contributed by atoms with van der Waals surface area (Å²) in [7, 11) is 3.84. The number of nitrogens with zero attached hydrogens (tertiary/aromatic N) is 3. The Morgan fingerprint density at radius 1 is 1.56 bits per heavy atom. The second kappa shape index (κ2) is 5.85. The number of nitrogens with two attached hydrogens (primary N) is 2. The second-order valence-electron chi connectivity index (χ2n) is 4.66. The van der Waals surface area contributed by atoms with Gasteiger partial charge in [-0.05, 0) is 13.3 Å². The van der Waals surface area contributed by atoms with E-state index < -0.39 is 11.4 Å². The van der Waals surface area contributed by atoms with E-state index in [0.29, 0.717) is 6.42 Å². The van der Waals surface area contributed by atoms with Crippen LogP contribution in [0.4, 0.5) is 5.13 Å². The van der Waals surface area contributed by atoms with Crippen molar-refractivity contribution in [2.75, 3.05) is 19.0 Å². The maximum atomic E-state index is 11.2. The van der Waals surface area contributed by atoms with E-state index in [0.717, 1.165) is 9.47 Å². The standard InChI is InChI=1S/C10H19N5OS2/c1-6(5-10(2,12)7(11)16)17-9-14-13-8(18-9)15(3)4/h6H,5,12H2,1-4H3,(H2,11,16). The molecule has 0 aliphatic heterocycles. The number of hydrogen-bond acceptors (Lipinski definition) is 7. The predicted octanol–water partition coefficient (Wildman–Crippen LogP) is 0.678. The lowest BCUT2D eigenvalue weighted by molar-refractivity contribution is -0.122. The number of rotatable bonds is 6.